The Balaban J connectivity index is 0.00000312. The van der Waals surface area contributed by atoms with Crippen LogP contribution in [0.3, 0.4) is 0 Å². The van der Waals surface area contributed by atoms with Crippen molar-refractivity contribution in [3.05, 3.63) is 23.9 Å². The van der Waals surface area contributed by atoms with Gasteiger partial charge in [-0.25, -0.2) is 4.98 Å². The van der Waals surface area contributed by atoms with Gasteiger partial charge >= 0.3 is 0 Å². The van der Waals surface area contributed by atoms with Crippen molar-refractivity contribution in [2.45, 2.75) is 32.4 Å². The number of halogens is 1. The molecule has 2 heterocycles. The van der Waals surface area contributed by atoms with Crippen LogP contribution in [0.1, 0.15) is 25.5 Å². The van der Waals surface area contributed by atoms with Gasteiger partial charge in [0.1, 0.15) is 5.82 Å². The zero-order valence-electron chi connectivity index (χ0n) is 15.5. The van der Waals surface area contributed by atoms with E-state index in [2.05, 4.69) is 20.6 Å². The molecular weight excluding hydrogens is 431 g/mol. The first-order chi connectivity index (χ1) is 11.5. The lowest BCUT2D eigenvalue weighted by Crippen LogP contribution is -2.49. The van der Waals surface area contributed by atoms with Crippen LogP contribution in [0.5, 0.6) is 0 Å². The lowest BCUT2D eigenvalue weighted by molar-refractivity contribution is -0.129. The Bertz CT molecular complexity index is 584. The van der Waals surface area contributed by atoms with Crippen LogP contribution in [0.15, 0.2) is 23.2 Å². The van der Waals surface area contributed by atoms with E-state index in [1.54, 1.807) is 14.0 Å². The van der Waals surface area contributed by atoms with Crippen molar-refractivity contribution >= 4 is 41.7 Å². The summed E-state index contributed by atoms with van der Waals surface area (Å²) in [6.45, 7) is 3.85. The topological polar surface area (TPSA) is 72.9 Å². The molecule has 0 aromatic carbocycles. The van der Waals surface area contributed by atoms with Gasteiger partial charge in [-0.2, -0.15) is 0 Å². The van der Waals surface area contributed by atoms with Gasteiger partial charge in [0.15, 0.2) is 5.96 Å². The highest BCUT2D eigenvalue weighted by Gasteiger charge is 2.21. The highest BCUT2D eigenvalue weighted by molar-refractivity contribution is 14.0. The molecule has 8 heteroatoms. The molecule has 0 unspecified atom stereocenters. The van der Waals surface area contributed by atoms with Crippen LogP contribution < -0.4 is 15.5 Å². The van der Waals surface area contributed by atoms with Crippen LogP contribution in [0.2, 0.25) is 0 Å². The summed E-state index contributed by atoms with van der Waals surface area (Å²) < 4.78 is 0. The molecule has 1 aliphatic heterocycles. The Morgan fingerprint density at radius 2 is 2.04 bits per heavy atom. The molecule has 0 aliphatic carbocycles. The SMILES string of the molecule is CN=C(NCc1cccc(N(C)C)n1)NC1CCN(C(C)=O)CC1.I. The van der Waals surface area contributed by atoms with Crippen molar-refractivity contribution in [3.63, 3.8) is 0 Å². The Labute approximate surface area is 167 Å². The molecule has 1 fully saturated rings. The summed E-state index contributed by atoms with van der Waals surface area (Å²) in [5.41, 5.74) is 0.968. The molecule has 1 aromatic heterocycles. The van der Waals surface area contributed by atoms with E-state index in [0.29, 0.717) is 12.6 Å². The number of guanidine groups is 1. The zero-order valence-corrected chi connectivity index (χ0v) is 17.8. The summed E-state index contributed by atoms with van der Waals surface area (Å²) in [5, 5.41) is 6.75. The van der Waals surface area contributed by atoms with E-state index in [9.17, 15) is 4.79 Å². The molecule has 0 spiro atoms. The summed E-state index contributed by atoms with van der Waals surface area (Å²) in [4.78, 5) is 24.1. The third-order valence-corrected chi connectivity index (χ3v) is 4.19. The molecule has 0 atom stereocenters. The molecule has 2 N–H and O–H groups in total. The molecular formula is C17H29IN6O. The Morgan fingerprint density at radius 1 is 1.36 bits per heavy atom. The Kier molecular flexibility index (Phi) is 8.95. The number of aliphatic imine (C=N–C) groups is 1. The lowest BCUT2D eigenvalue weighted by Gasteiger charge is -2.32. The maximum atomic E-state index is 11.4. The van der Waals surface area contributed by atoms with Gasteiger partial charge < -0.3 is 20.4 Å². The monoisotopic (exact) mass is 460 g/mol. The minimum absolute atomic E-state index is 0. The maximum absolute atomic E-state index is 11.4. The van der Waals surface area contributed by atoms with E-state index in [1.165, 1.54) is 0 Å². The molecule has 25 heavy (non-hydrogen) atoms. The molecule has 1 saturated heterocycles. The molecule has 1 amide bonds. The van der Waals surface area contributed by atoms with E-state index < -0.39 is 0 Å². The predicted molar refractivity (Wildman–Crippen MR) is 113 cm³/mol. The molecule has 7 nitrogen and oxygen atoms in total. The number of hydrogen-bond acceptors (Lipinski definition) is 4. The second-order valence-electron chi connectivity index (χ2n) is 6.23. The Morgan fingerprint density at radius 3 is 2.60 bits per heavy atom. The standard InChI is InChI=1S/C17H28N6O.HI/c1-13(24)23-10-8-14(9-11-23)21-17(18-2)19-12-15-6-5-7-16(20-15)22(3)4;/h5-7,14H,8-12H2,1-4H3,(H2,18,19,21);1H. The second kappa shape index (κ2) is 10.4. The number of piperidine rings is 1. The number of carbonyl (C=O) groups is 1. The molecule has 1 aromatic rings. The van der Waals surface area contributed by atoms with Crippen molar-refractivity contribution < 1.29 is 4.79 Å². The van der Waals surface area contributed by atoms with Crippen molar-refractivity contribution in [2.75, 3.05) is 39.1 Å². The van der Waals surface area contributed by atoms with E-state index in [-0.39, 0.29) is 29.9 Å². The summed E-state index contributed by atoms with van der Waals surface area (Å²) in [6.07, 6.45) is 1.88. The van der Waals surface area contributed by atoms with E-state index in [0.717, 1.165) is 43.4 Å². The van der Waals surface area contributed by atoms with Gasteiger partial charge in [-0.15, -0.1) is 24.0 Å². The number of aromatic nitrogens is 1. The van der Waals surface area contributed by atoms with Crippen molar-refractivity contribution in [3.8, 4) is 0 Å². The number of nitrogens with one attached hydrogen (secondary N) is 2. The fourth-order valence-electron chi connectivity index (χ4n) is 2.72. The van der Waals surface area contributed by atoms with Crippen LogP contribution >= 0.6 is 24.0 Å². The molecule has 0 saturated carbocycles. The highest BCUT2D eigenvalue weighted by atomic mass is 127. The number of carbonyl (C=O) groups excluding carboxylic acids is 1. The fraction of sp³-hybridized carbons (Fsp3) is 0.588. The van der Waals surface area contributed by atoms with Gasteiger partial charge in [0.2, 0.25) is 5.91 Å². The summed E-state index contributed by atoms with van der Waals surface area (Å²) in [5.74, 6) is 1.87. The minimum Gasteiger partial charge on any atom is -0.363 e. The second-order valence-corrected chi connectivity index (χ2v) is 6.23. The largest absolute Gasteiger partial charge is 0.363 e. The summed E-state index contributed by atoms with van der Waals surface area (Å²) >= 11 is 0. The number of rotatable bonds is 4. The first-order valence-corrected chi connectivity index (χ1v) is 8.35. The first kappa shape index (κ1) is 21.5. The van der Waals surface area contributed by atoms with Gasteiger partial charge in [0.25, 0.3) is 0 Å². The number of nitrogens with zero attached hydrogens (tertiary/aromatic N) is 4. The van der Waals surface area contributed by atoms with Crippen LogP contribution in [0.4, 0.5) is 5.82 Å². The van der Waals surface area contributed by atoms with Crippen LogP contribution in [0.25, 0.3) is 0 Å². The van der Waals surface area contributed by atoms with Gasteiger partial charge in [0.05, 0.1) is 12.2 Å². The van der Waals surface area contributed by atoms with Gasteiger partial charge in [0, 0.05) is 47.2 Å². The zero-order chi connectivity index (χ0) is 17.5. The van der Waals surface area contributed by atoms with Crippen LogP contribution in [-0.4, -0.2) is 62.0 Å². The predicted octanol–water partition coefficient (Wildman–Crippen LogP) is 1.44. The average molecular weight is 460 g/mol. The molecule has 2 rings (SSSR count). The molecule has 140 valence electrons. The maximum Gasteiger partial charge on any atom is 0.219 e. The van der Waals surface area contributed by atoms with Gasteiger partial charge in [-0.05, 0) is 25.0 Å². The number of likely N-dealkylation sites (tertiary alicyclic amines) is 1. The molecule has 1 aliphatic rings. The van der Waals surface area contributed by atoms with E-state index in [1.807, 2.05) is 42.1 Å². The minimum atomic E-state index is 0. The fourth-order valence-corrected chi connectivity index (χ4v) is 2.72. The number of pyridine rings is 1. The van der Waals surface area contributed by atoms with E-state index >= 15 is 0 Å². The third-order valence-electron chi connectivity index (χ3n) is 4.19. The smallest absolute Gasteiger partial charge is 0.219 e. The van der Waals surface area contributed by atoms with Crippen molar-refractivity contribution in [2.24, 2.45) is 4.99 Å². The normalized spacial score (nSPS) is 15.4. The molecule has 0 radical (unpaired) electrons. The Hall–Kier alpha value is -1.58. The van der Waals surface area contributed by atoms with Crippen molar-refractivity contribution in [1.82, 2.24) is 20.5 Å². The van der Waals surface area contributed by atoms with Gasteiger partial charge in [-0.1, -0.05) is 6.07 Å². The third kappa shape index (κ3) is 6.68. The highest BCUT2D eigenvalue weighted by Crippen LogP contribution is 2.10. The van der Waals surface area contributed by atoms with Crippen LogP contribution in [0, 0.1) is 0 Å². The summed E-state index contributed by atoms with van der Waals surface area (Å²) in [7, 11) is 5.73. The average Bonchev–Trinajstić information content (AvgIpc) is 2.59. The van der Waals surface area contributed by atoms with Gasteiger partial charge in [-0.3, -0.25) is 9.79 Å². The quantitative estimate of drug-likeness (QED) is 0.404. The van der Waals surface area contributed by atoms with E-state index in [4.69, 9.17) is 0 Å². The number of amides is 1. The summed E-state index contributed by atoms with van der Waals surface area (Å²) in [6, 6.07) is 6.33. The number of anilines is 1. The molecule has 0 bridgehead atoms. The first-order valence-electron chi connectivity index (χ1n) is 8.35. The van der Waals surface area contributed by atoms with Crippen molar-refractivity contribution in [1.29, 1.82) is 0 Å². The number of hydrogen-bond donors (Lipinski definition) is 2. The van der Waals surface area contributed by atoms with Crippen LogP contribution in [-0.2, 0) is 11.3 Å². The lowest BCUT2D eigenvalue weighted by atomic mass is 10.1.